The SMILES string of the molecule is CC.CCc1cc(N)ccc1O. The van der Waals surface area contributed by atoms with Crippen LogP contribution in [0.5, 0.6) is 5.75 Å². The summed E-state index contributed by atoms with van der Waals surface area (Å²) in [5.41, 5.74) is 7.10. The first-order valence-electron chi connectivity index (χ1n) is 4.31. The van der Waals surface area contributed by atoms with Crippen molar-refractivity contribution in [3.8, 4) is 5.75 Å². The molecule has 0 aliphatic carbocycles. The molecule has 0 bridgehead atoms. The van der Waals surface area contributed by atoms with E-state index < -0.39 is 0 Å². The van der Waals surface area contributed by atoms with Gasteiger partial charge in [0, 0.05) is 5.69 Å². The first-order chi connectivity index (χ1) is 5.74. The number of rotatable bonds is 1. The Morgan fingerprint density at radius 1 is 1.33 bits per heavy atom. The van der Waals surface area contributed by atoms with Crippen LogP contribution in [0.1, 0.15) is 26.3 Å². The van der Waals surface area contributed by atoms with Crippen LogP contribution in [0.2, 0.25) is 0 Å². The lowest BCUT2D eigenvalue weighted by Crippen LogP contribution is -1.87. The lowest BCUT2D eigenvalue weighted by Gasteiger charge is -2.00. The van der Waals surface area contributed by atoms with Crippen LogP contribution in [-0.2, 0) is 6.42 Å². The fraction of sp³-hybridized carbons (Fsp3) is 0.400. The van der Waals surface area contributed by atoms with Crippen molar-refractivity contribution in [1.82, 2.24) is 0 Å². The van der Waals surface area contributed by atoms with Gasteiger partial charge in [0.1, 0.15) is 5.75 Å². The van der Waals surface area contributed by atoms with E-state index in [2.05, 4.69) is 0 Å². The van der Waals surface area contributed by atoms with Gasteiger partial charge in [0.25, 0.3) is 0 Å². The highest BCUT2D eigenvalue weighted by Crippen LogP contribution is 2.19. The predicted octanol–water partition coefficient (Wildman–Crippen LogP) is 2.56. The monoisotopic (exact) mass is 167 g/mol. The number of nitrogen functional groups attached to an aromatic ring is 1. The molecule has 1 aromatic rings. The summed E-state index contributed by atoms with van der Waals surface area (Å²) in [6, 6.07) is 5.10. The second-order valence-electron chi connectivity index (χ2n) is 2.24. The van der Waals surface area contributed by atoms with Crippen LogP contribution in [0.25, 0.3) is 0 Å². The highest BCUT2D eigenvalue weighted by Gasteiger charge is 1.96. The summed E-state index contributed by atoms with van der Waals surface area (Å²) in [5.74, 6) is 0.330. The number of hydrogen-bond acceptors (Lipinski definition) is 2. The third-order valence-corrected chi connectivity index (χ3v) is 1.48. The first-order valence-corrected chi connectivity index (χ1v) is 4.31. The summed E-state index contributed by atoms with van der Waals surface area (Å²) in [4.78, 5) is 0. The molecule has 0 unspecified atom stereocenters. The van der Waals surface area contributed by atoms with Crippen molar-refractivity contribution in [2.75, 3.05) is 5.73 Å². The van der Waals surface area contributed by atoms with Crippen molar-refractivity contribution in [3.63, 3.8) is 0 Å². The van der Waals surface area contributed by atoms with Crippen LogP contribution in [0, 0.1) is 0 Å². The molecule has 0 atom stereocenters. The summed E-state index contributed by atoms with van der Waals surface area (Å²) in [6.07, 6.45) is 0.816. The van der Waals surface area contributed by atoms with Gasteiger partial charge in [0.05, 0.1) is 0 Å². The van der Waals surface area contributed by atoms with E-state index in [0.717, 1.165) is 12.0 Å². The molecule has 0 heterocycles. The third-order valence-electron chi connectivity index (χ3n) is 1.48. The summed E-state index contributed by atoms with van der Waals surface area (Å²) in [5, 5.41) is 9.18. The van der Waals surface area contributed by atoms with Gasteiger partial charge in [-0.15, -0.1) is 0 Å². The molecule has 3 N–H and O–H groups in total. The van der Waals surface area contributed by atoms with Gasteiger partial charge in [-0.1, -0.05) is 20.8 Å². The van der Waals surface area contributed by atoms with Gasteiger partial charge in [-0.05, 0) is 30.2 Å². The van der Waals surface area contributed by atoms with Gasteiger partial charge >= 0.3 is 0 Å². The molecule has 0 aliphatic rings. The Morgan fingerprint density at radius 3 is 2.33 bits per heavy atom. The summed E-state index contributed by atoms with van der Waals surface area (Å²) in [6.45, 7) is 5.98. The van der Waals surface area contributed by atoms with Gasteiger partial charge in [-0.25, -0.2) is 0 Å². The molecule has 0 radical (unpaired) electrons. The Balaban J connectivity index is 0.000000561. The molecule has 12 heavy (non-hydrogen) atoms. The predicted molar refractivity (Wildman–Crippen MR) is 53.2 cm³/mol. The van der Waals surface area contributed by atoms with E-state index in [0.29, 0.717) is 11.4 Å². The Kier molecular flexibility index (Phi) is 4.93. The Morgan fingerprint density at radius 2 is 1.92 bits per heavy atom. The average molecular weight is 167 g/mol. The maximum Gasteiger partial charge on any atom is 0.118 e. The number of anilines is 1. The minimum Gasteiger partial charge on any atom is -0.508 e. The molecule has 0 aromatic heterocycles. The molecule has 2 heteroatoms. The van der Waals surface area contributed by atoms with E-state index in [1.807, 2.05) is 20.8 Å². The second-order valence-corrected chi connectivity index (χ2v) is 2.24. The van der Waals surface area contributed by atoms with Crippen molar-refractivity contribution in [1.29, 1.82) is 0 Å². The van der Waals surface area contributed by atoms with E-state index in [-0.39, 0.29) is 0 Å². The number of phenolic OH excluding ortho intramolecular Hbond substituents is 1. The van der Waals surface area contributed by atoms with Crippen molar-refractivity contribution in [2.24, 2.45) is 0 Å². The highest BCUT2D eigenvalue weighted by molar-refractivity contribution is 5.47. The zero-order valence-corrected chi connectivity index (χ0v) is 7.96. The van der Waals surface area contributed by atoms with E-state index in [1.165, 1.54) is 0 Å². The normalized spacial score (nSPS) is 8.58. The second kappa shape index (κ2) is 5.47. The van der Waals surface area contributed by atoms with Crippen LogP contribution in [-0.4, -0.2) is 5.11 Å². The van der Waals surface area contributed by atoms with Crippen LogP contribution in [0.4, 0.5) is 5.69 Å². The molecule has 0 fully saturated rings. The van der Waals surface area contributed by atoms with Gasteiger partial charge in [0.15, 0.2) is 0 Å². The summed E-state index contributed by atoms with van der Waals surface area (Å²) < 4.78 is 0. The van der Waals surface area contributed by atoms with Crippen molar-refractivity contribution < 1.29 is 5.11 Å². The quantitative estimate of drug-likeness (QED) is 0.498. The van der Waals surface area contributed by atoms with E-state index in [9.17, 15) is 5.11 Å². The fourth-order valence-electron chi connectivity index (χ4n) is 0.889. The van der Waals surface area contributed by atoms with E-state index >= 15 is 0 Å². The van der Waals surface area contributed by atoms with Gasteiger partial charge in [-0.2, -0.15) is 0 Å². The van der Waals surface area contributed by atoms with E-state index in [4.69, 9.17) is 5.73 Å². The molecule has 0 saturated carbocycles. The molecule has 2 nitrogen and oxygen atoms in total. The lowest BCUT2D eigenvalue weighted by molar-refractivity contribution is 0.469. The Bertz CT molecular complexity index is 233. The number of nitrogens with two attached hydrogens (primary N) is 1. The van der Waals surface area contributed by atoms with Crippen LogP contribution in [0.15, 0.2) is 18.2 Å². The molecular formula is C10H17NO. The topological polar surface area (TPSA) is 46.2 Å². The minimum atomic E-state index is 0.330. The lowest BCUT2D eigenvalue weighted by atomic mass is 10.1. The molecule has 0 spiro atoms. The molecule has 0 saturated heterocycles. The summed E-state index contributed by atoms with van der Waals surface area (Å²) >= 11 is 0. The highest BCUT2D eigenvalue weighted by atomic mass is 16.3. The Hall–Kier alpha value is -1.18. The maximum absolute atomic E-state index is 9.18. The zero-order valence-electron chi connectivity index (χ0n) is 7.96. The number of phenols is 1. The molecular weight excluding hydrogens is 150 g/mol. The van der Waals surface area contributed by atoms with Crippen LogP contribution in [0.3, 0.4) is 0 Å². The smallest absolute Gasteiger partial charge is 0.118 e. The van der Waals surface area contributed by atoms with Crippen molar-refractivity contribution in [3.05, 3.63) is 23.8 Å². The number of hydrogen-bond donors (Lipinski definition) is 2. The zero-order chi connectivity index (χ0) is 9.56. The number of benzene rings is 1. The van der Waals surface area contributed by atoms with Gasteiger partial charge in [0.2, 0.25) is 0 Å². The largest absolute Gasteiger partial charge is 0.508 e. The molecule has 68 valence electrons. The van der Waals surface area contributed by atoms with Gasteiger partial charge in [-0.3, -0.25) is 0 Å². The average Bonchev–Trinajstić information content (AvgIpc) is 2.13. The van der Waals surface area contributed by atoms with Gasteiger partial charge < -0.3 is 10.8 Å². The molecule has 1 rings (SSSR count). The minimum absolute atomic E-state index is 0.330. The summed E-state index contributed by atoms with van der Waals surface area (Å²) in [7, 11) is 0. The van der Waals surface area contributed by atoms with Crippen LogP contribution >= 0.6 is 0 Å². The van der Waals surface area contributed by atoms with E-state index in [1.54, 1.807) is 18.2 Å². The number of aromatic hydroxyl groups is 1. The first kappa shape index (κ1) is 10.8. The standard InChI is InChI=1S/C8H11NO.C2H6/c1-2-6-5-7(9)3-4-8(6)10;1-2/h3-5,10H,2,9H2,1H3;1-2H3. The van der Waals surface area contributed by atoms with Crippen molar-refractivity contribution in [2.45, 2.75) is 27.2 Å². The molecule has 0 aliphatic heterocycles. The maximum atomic E-state index is 9.18. The molecule has 1 aromatic carbocycles. The fourth-order valence-corrected chi connectivity index (χ4v) is 0.889. The van der Waals surface area contributed by atoms with Crippen molar-refractivity contribution >= 4 is 5.69 Å². The third kappa shape index (κ3) is 2.82. The Labute approximate surface area is 74.0 Å². The number of aryl methyl sites for hydroxylation is 1. The van der Waals surface area contributed by atoms with Crippen LogP contribution < -0.4 is 5.73 Å². The molecule has 0 amide bonds.